The lowest BCUT2D eigenvalue weighted by Gasteiger charge is -2.13. The molecule has 0 fully saturated rings. The predicted molar refractivity (Wildman–Crippen MR) is 105 cm³/mol. The van der Waals surface area contributed by atoms with E-state index in [1.54, 1.807) is 24.3 Å². The van der Waals surface area contributed by atoms with Crippen molar-refractivity contribution in [1.29, 1.82) is 0 Å². The van der Waals surface area contributed by atoms with E-state index in [2.05, 4.69) is 5.32 Å². The van der Waals surface area contributed by atoms with E-state index >= 15 is 0 Å². The highest BCUT2D eigenvalue weighted by atomic mass is 32.2. The average Bonchev–Trinajstić information content (AvgIpc) is 2.73. The Balaban J connectivity index is 1.83. The van der Waals surface area contributed by atoms with Gasteiger partial charge in [0.25, 0.3) is 5.91 Å². The second-order valence-electron chi connectivity index (χ2n) is 5.85. The van der Waals surface area contributed by atoms with Gasteiger partial charge >= 0.3 is 10.1 Å². The van der Waals surface area contributed by atoms with Crippen molar-refractivity contribution in [2.24, 2.45) is 0 Å². The maximum absolute atomic E-state index is 12.7. The Morgan fingerprint density at radius 3 is 2.18 bits per heavy atom. The van der Waals surface area contributed by atoms with Crippen LogP contribution < -0.4 is 14.2 Å². The fraction of sp³-hybridized carbons (Fsp3) is 0.0952. The van der Waals surface area contributed by atoms with Gasteiger partial charge in [0.1, 0.15) is 10.6 Å². The molecule has 0 atom stereocenters. The third-order valence-corrected chi connectivity index (χ3v) is 5.24. The molecular weight excluding hydrogens is 378 g/mol. The molecule has 0 aliphatic heterocycles. The Hall–Kier alpha value is -3.32. The molecule has 1 N–H and O–H groups in total. The minimum absolute atomic E-state index is 0.0565. The van der Waals surface area contributed by atoms with Crippen LogP contribution in [0, 0.1) is 0 Å². The van der Waals surface area contributed by atoms with E-state index in [0.29, 0.717) is 6.54 Å². The first-order chi connectivity index (χ1) is 13.5. The Kier molecular flexibility index (Phi) is 5.96. The normalized spacial score (nSPS) is 10.9. The van der Waals surface area contributed by atoms with Crippen molar-refractivity contribution >= 4 is 16.0 Å². The van der Waals surface area contributed by atoms with Gasteiger partial charge in [-0.3, -0.25) is 4.79 Å². The predicted octanol–water partition coefficient (Wildman–Crippen LogP) is 3.39. The first-order valence-electron chi connectivity index (χ1n) is 8.50. The molecule has 6 nitrogen and oxygen atoms in total. The zero-order valence-electron chi connectivity index (χ0n) is 15.2. The summed E-state index contributed by atoms with van der Waals surface area (Å²) in [5.74, 6) is -0.331. The van der Waals surface area contributed by atoms with E-state index < -0.39 is 16.0 Å². The van der Waals surface area contributed by atoms with Gasteiger partial charge in [-0.05, 0) is 29.8 Å². The van der Waals surface area contributed by atoms with E-state index in [1.165, 1.54) is 31.4 Å². The number of benzene rings is 3. The van der Waals surface area contributed by atoms with Gasteiger partial charge in [-0.15, -0.1) is 0 Å². The summed E-state index contributed by atoms with van der Waals surface area (Å²) in [7, 11) is -2.81. The van der Waals surface area contributed by atoms with Crippen molar-refractivity contribution in [3.05, 3.63) is 90.0 Å². The molecule has 3 aromatic carbocycles. The van der Waals surface area contributed by atoms with Crippen molar-refractivity contribution in [2.75, 3.05) is 7.11 Å². The van der Waals surface area contributed by atoms with Gasteiger partial charge in [0.2, 0.25) is 0 Å². The fourth-order valence-corrected chi connectivity index (χ4v) is 3.70. The summed E-state index contributed by atoms with van der Waals surface area (Å²) in [6.45, 7) is 0.313. The van der Waals surface area contributed by atoms with Gasteiger partial charge in [-0.2, -0.15) is 8.42 Å². The monoisotopic (exact) mass is 397 g/mol. The number of para-hydroxylation sites is 2. The van der Waals surface area contributed by atoms with E-state index in [0.717, 1.165) is 5.56 Å². The molecule has 0 saturated carbocycles. The standard InChI is InChI=1S/C21H19NO5S/c1-26-19-13-7-8-14-20(19)28(24,25)27-18-12-6-5-11-17(18)21(23)22-15-16-9-3-2-4-10-16/h2-14H,15H2,1H3,(H,22,23). The highest BCUT2D eigenvalue weighted by Crippen LogP contribution is 2.28. The number of methoxy groups -OCH3 is 1. The van der Waals surface area contributed by atoms with E-state index in [4.69, 9.17) is 8.92 Å². The summed E-state index contributed by atoms with van der Waals surface area (Å²) in [5.41, 5.74) is 1.05. The van der Waals surface area contributed by atoms with Crippen LogP contribution in [-0.2, 0) is 16.7 Å². The lowest BCUT2D eigenvalue weighted by Crippen LogP contribution is -2.24. The molecule has 0 bridgehead atoms. The molecule has 0 radical (unpaired) electrons. The average molecular weight is 397 g/mol. The van der Waals surface area contributed by atoms with Gasteiger partial charge in [0.15, 0.2) is 5.75 Å². The summed E-state index contributed by atoms with van der Waals surface area (Å²) in [5, 5.41) is 2.77. The summed E-state index contributed by atoms with van der Waals surface area (Å²) in [4.78, 5) is 12.5. The van der Waals surface area contributed by atoms with Crippen LogP contribution in [0.5, 0.6) is 11.5 Å². The Bertz CT molecular complexity index is 1060. The lowest BCUT2D eigenvalue weighted by molar-refractivity contribution is 0.0949. The summed E-state index contributed by atoms with van der Waals surface area (Å²) in [6.07, 6.45) is 0. The fourth-order valence-electron chi connectivity index (χ4n) is 2.59. The van der Waals surface area contributed by atoms with E-state index in [-0.39, 0.29) is 22.0 Å². The molecule has 0 aliphatic rings. The van der Waals surface area contributed by atoms with Gasteiger partial charge in [-0.25, -0.2) is 0 Å². The molecule has 3 aromatic rings. The van der Waals surface area contributed by atoms with Crippen LogP contribution in [0.25, 0.3) is 0 Å². The maximum Gasteiger partial charge on any atom is 0.342 e. The van der Waals surface area contributed by atoms with Crippen molar-refractivity contribution in [2.45, 2.75) is 11.4 Å². The molecule has 28 heavy (non-hydrogen) atoms. The molecule has 0 aliphatic carbocycles. The number of rotatable bonds is 7. The lowest BCUT2D eigenvalue weighted by atomic mass is 10.1. The van der Waals surface area contributed by atoms with Crippen molar-refractivity contribution in [1.82, 2.24) is 5.32 Å². The van der Waals surface area contributed by atoms with Gasteiger partial charge < -0.3 is 14.2 Å². The van der Waals surface area contributed by atoms with Crippen molar-refractivity contribution in [3.63, 3.8) is 0 Å². The second kappa shape index (κ2) is 8.58. The SMILES string of the molecule is COc1ccccc1S(=O)(=O)Oc1ccccc1C(=O)NCc1ccccc1. The summed E-state index contributed by atoms with van der Waals surface area (Å²) in [6, 6.07) is 21.7. The number of ether oxygens (including phenoxy) is 1. The minimum atomic E-state index is -4.18. The molecule has 7 heteroatoms. The van der Waals surface area contributed by atoms with Crippen LogP contribution in [0.1, 0.15) is 15.9 Å². The smallest absolute Gasteiger partial charge is 0.342 e. The molecule has 1 amide bonds. The number of carbonyl (C=O) groups is 1. The van der Waals surface area contributed by atoms with Crippen LogP contribution >= 0.6 is 0 Å². The zero-order valence-corrected chi connectivity index (χ0v) is 16.0. The summed E-state index contributed by atoms with van der Waals surface area (Å²) < 4.78 is 35.8. The highest BCUT2D eigenvalue weighted by molar-refractivity contribution is 7.87. The first kappa shape index (κ1) is 19.4. The molecule has 0 aromatic heterocycles. The zero-order chi connectivity index (χ0) is 20.0. The van der Waals surface area contributed by atoms with Gasteiger partial charge in [0.05, 0.1) is 12.7 Å². The second-order valence-corrected chi connectivity index (χ2v) is 7.37. The molecule has 0 heterocycles. The Morgan fingerprint density at radius 2 is 1.46 bits per heavy atom. The number of hydrogen-bond donors (Lipinski definition) is 1. The molecule has 0 spiro atoms. The van der Waals surface area contributed by atoms with E-state index in [9.17, 15) is 13.2 Å². The molecule has 0 unspecified atom stereocenters. The topological polar surface area (TPSA) is 81.7 Å². The Labute approximate surface area is 163 Å². The minimum Gasteiger partial charge on any atom is -0.495 e. The number of amides is 1. The largest absolute Gasteiger partial charge is 0.495 e. The Morgan fingerprint density at radius 1 is 0.857 bits per heavy atom. The third kappa shape index (κ3) is 4.50. The van der Waals surface area contributed by atoms with Crippen LogP contribution in [-0.4, -0.2) is 21.4 Å². The van der Waals surface area contributed by atoms with Crippen LogP contribution in [0.15, 0.2) is 83.8 Å². The first-order valence-corrected chi connectivity index (χ1v) is 9.91. The van der Waals surface area contributed by atoms with E-state index in [1.807, 2.05) is 30.3 Å². The maximum atomic E-state index is 12.7. The van der Waals surface area contributed by atoms with Crippen molar-refractivity contribution < 1.29 is 22.1 Å². The molecule has 0 saturated heterocycles. The van der Waals surface area contributed by atoms with Crippen LogP contribution in [0.4, 0.5) is 0 Å². The number of carbonyl (C=O) groups excluding carboxylic acids is 1. The van der Waals surface area contributed by atoms with Gasteiger partial charge in [0, 0.05) is 6.54 Å². The van der Waals surface area contributed by atoms with Crippen LogP contribution in [0.2, 0.25) is 0 Å². The molecular formula is C21H19NO5S. The van der Waals surface area contributed by atoms with Crippen LogP contribution in [0.3, 0.4) is 0 Å². The molecule has 144 valence electrons. The van der Waals surface area contributed by atoms with Gasteiger partial charge in [-0.1, -0.05) is 54.6 Å². The summed E-state index contributed by atoms with van der Waals surface area (Å²) >= 11 is 0. The highest BCUT2D eigenvalue weighted by Gasteiger charge is 2.24. The third-order valence-electron chi connectivity index (χ3n) is 3.97. The number of nitrogens with one attached hydrogen (secondary N) is 1. The van der Waals surface area contributed by atoms with Crippen molar-refractivity contribution in [3.8, 4) is 11.5 Å². The quantitative estimate of drug-likeness (QED) is 0.618. The number of hydrogen-bond acceptors (Lipinski definition) is 5. The molecule has 3 rings (SSSR count).